The van der Waals surface area contributed by atoms with Crippen molar-refractivity contribution in [2.45, 2.75) is 17.9 Å². The fourth-order valence-corrected chi connectivity index (χ4v) is 4.84. The maximum absolute atomic E-state index is 12.9. The molecule has 0 saturated heterocycles. The van der Waals surface area contributed by atoms with Crippen LogP contribution in [-0.2, 0) is 14.6 Å². The highest BCUT2D eigenvalue weighted by Crippen LogP contribution is 2.26. The van der Waals surface area contributed by atoms with Gasteiger partial charge >= 0.3 is 0 Å². The molecule has 2 aromatic carbocycles. The van der Waals surface area contributed by atoms with Gasteiger partial charge in [-0.3, -0.25) is 4.79 Å². The second kappa shape index (κ2) is 7.86. The maximum atomic E-state index is 12.9. The van der Waals surface area contributed by atoms with E-state index in [-0.39, 0.29) is 17.4 Å². The quantitative estimate of drug-likeness (QED) is 0.700. The molecule has 0 fully saturated rings. The molecule has 136 valence electrons. The van der Waals surface area contributed by atoms with Gasteiger partial charge in [0, 0.05) is 21.0 Å². The van der Waals surface area contributed by atoms with Crippen LogP contribution >= 0.6 is 23.4 Å². The average Bonchev–Trinajstić information content (AvgIpc) is 2.96. The summed E-state index contributed by atoms with van der Waals surface area (Å²) in [6, 6.07) is 14.3. The van der Waals surface area contributed by atoms with E-state index in [1.54, 1.807) is 23.1 Å². The molecule has 1 aliphatic rings. The van der Waals surface area contributed by atoms with E-state index in [1.165, 1.54) is 17.2 Å². The summed E-state index contributed by atoms with van der Waals surface area (Å²) in [5.41, 5.74) is 1.77. The highest BCUT2D eigenvalue weighted by atomic mass is 35.5. The first-order valence-electron chi connectivity index (χ1n) is 8.02. The molecule has 1 aliphatic heterocycles. The molecule has 0 spiro atoms. The van der Waals surface area contributed by atoms with E-state index in [2.05, 4.69) is 0 Å². The molecule has 1 unspecified atom stereocenters. The van der Waals surface area contributed by atoms with E-state index >= 15 is 0 Å². The molecular formula is C19H18ClNO3S2. The summed E-state index contributed by atoms with van der Waals surface area (Å²) in [7, 11) is -3.26. The molecule has 2 aromatic rings. The van der Waals surface area contributed by atoms with Gasteiger partial charge in [-0.2, -0.15) is 0 Å². The predicted octanol–water partition coefficient (Wildman–Crippen LogP) is 4.08. The van der Waals surface area contributed by atoms with Crippen LogP contribution in [-0.4, -0.2) is 31.9 Å². The highest BCUT2D eigenvalue weighted by Gasteiger charge is 2.31. The fourth-order valence-electron chi connectivity index (χ4n) is 2.69. The smallest absolute Gasteiger partial charge is 0.237 e. The Kier molecular flexibility index (Phi) is 5.75. The van der Waals surface area contributed by atoms with Gasteiger partial charge in [-0.25, -0.2) is 8.42 Å². The maximum Gasteiger partial charge on any atom is 0.237 e. The van der Waals surface area contributed by atoms with Gasteiger partial charge in [0.15, 0.2) is 9.84 Å². The fraction of sp³-hybridized carbons (Fsp3) is 0.211. The van der Waals surface area contributed by atoms with Gasteiger partial charge in [0.1, 0.15) is 0 Å². The van der Waals surface area contributed by atoms with E-state index < -0.39 is 15.9 Å². The molecule has 0 aromatic heterocycles. The molecule has 1 heterocycles. The molecule has 4 nitrogen and oxygen atoms in total. The standard InChI is InChI=1S/C19H18ClNO3S2/c1-14-2-6-16(7-3-14)21(17-10-11-26(23,24)13-17)19(22)12-25-18-8-4-15(20)5-9-18/h2-11,17H,12-13H2,1H3. The van der Waals surface area contributed by atoms with E-state index in [9.17, 15) is 13.2 Å². The van der Waals surface area contributed by atoms with Crippen molar-refractivity contribution in [3.8, 4) is 0 Å². The van der Waals surface area contributed by atoms with Gasteiger partial charge < -0.3 is 4.90 Å². The van der Waals surface area contributed by atoms with E-state index in [0.29, 0.717) is 10.7 Å². The Morgan fingerprint density at radius 3 is 2.38 bits per heavy atom. The van der Waals surface area contributed by atoms with Gasteiger partial charge in [0.05, 0.1) is 17.5 Å². The van der Waals surface area contributed by atoms with Gasteiger partial charge in [-0.15, -0.1) is 11.8 Å². The zero-order chi connectivity index (χ0) is 18.7. The lowest BCUT2D eigenvalue weighted by Crippen LogP contribution is -2.42. The van der Waals surface area contributed by atoms with Crippen LogP contribution in [0.3, 0.4) is 0 Å². The number of carbonyl (C=O) groups excluding carboxylic acids is 1. The second-order valence-corrected chi connectivity index (χ2v) is 9.48. The Hall–Kier alpha value is -1.76. The molecule has 0 bridgehead atoms. The van der Waals surface area contributed by atoms with Crippen LogP contribution in [0.15, 0.2) is 64.9 Å². The Morgan fingerprint density at radius 2 is 1.81 bits per heavy atom. The number of anilines is 1. The average molecular weight is 408 g/mol. The van der Waals surface area contributed by atoms with Crippen LogP contribution in [0.1, 0.15) is 5.56 Å². The highest BCUT2D eigenvalue weighted by molar-refractivity contribution is 8.00. The number of halogens is 1. The van der Waals surface area contributed by atoms with Crippen molar-refractivity contribution < 1.29 is 13.2 Å². The van der Waals surface area contributed by atoms with Crippen LogP contribution < -0.4 is 4.90 Å². The lowest BCUT2D eigenvalue weighted by molar-refractivity contribution is -0.116. The first-order valence-corrected chi connectivity index (χ1v) is 11.1. The summed E-state index contributed by atoms with van der Waals surface area (Å²) in [6.07, 6.45) is 1.58. The van der Waals surface area contributed by atoms with Gasteiger partial charge in [-0.1, -0.05) is 29.3 Å². The van der Waals surface area contributed by atoms with Crippen LogP contribution in [0.5, 0.6) is 0 Å². The third kappa shape index (κ3) is 4.69. The van der Waals surface area contributed by atoms with Crippen molar-refractivity contribution >= 4 is 44.8 Å². The molecule has 0 N–H and O–H groups in total. The third-order valence-electron chi connectivity index (χ3n) is 4.00. The number of sulfone groups is 1. The van der Waals surface area contributed by atoms with E-state index in [1.807, 2.05) is 43.3 Å². The minimum absolute atomic E-state index is 0.0851. The molecule has 0 aliphatic carbocycles. The second-order valence-electron chi connectivity index (χ2n) is 6.07. The molecule has 3 rings (SSSR count). The third-order valence-corrected chi connectivity index (χ3v) is 6.63. The predicted molar refractivity (Wildman–Crippen MR) is 108 cm³/mol. The normalized spacial score (nSPS) is 18.0. The molecule has 7 heteroatoms. The topological polar surface area (TPSA) is 54.5 Å². The van der Waals surface area contributed by atoms with E-state index in [4.69, 9.17) is 11.6 Å². The molecule has 1 atom stereocenters. The van der Waals surface area contributed by atoms with E-state index in [0.717, 1.165) is 10.5 Å². The summed E-state index contributed by atoms with van der Waals surface area (Å²) in [4.78, 5) is 15.4. The SMILES string of the molecule is Cc1ccc(N(C(=O)CSc2ccc(Cl)cc2)C2C=CS(=O)(=O)C2)cc1. The first-order chi connectivity index (χ1) is 12.3. The number of nitrogens with zero attached hydrogens (tertiary/aromatic N) is 1. The zero-order valence-electron chi connectivity index (χ0n) is 14.1. The summed E-state index contributed by atoms with van der Waals surface area (Å²) in [6.45, 7) is 1.96. The van der Waals surface area contributed by atoms with Crippen molar-refractivity contribution in [3.05, 3.63) is 70.6 Å². The summed E-state index contributed by atoms with van der Waals surface area (Å²) < 4.78 is 23.6. The minimum Gasteiger partial charge on any atom is -0.304 e. The lowest BCUT2D eigenvalue weighted by Gasteiger charge is -2.27. The van der Waals surface area contributed by atoms with Gasteiger partial charge in [0.25, 0.3) is 0 Å². The zero-order valence-corrected chi connectivity index (χ0v) is 16.5. The molecule has 0 radical (unpaired) electrons. The van der Waals surface area contributed by atoms with Gasteiger partial charge in [-0.05, 0) is 49.4 Å². The molecule has 26 heavy (non-hydrogen) atoms. The Bertz CT molecular complexity index is 922. The summed E-state index contributed by atoms with van der Waals surface area (Å²) >= 11 is 7.28. The molecule has 0 saturated carbocycles. The number of amides is 1. The van der Waals surface area contributed by atoms with Gasteiger partial charge in [0.2, 0.25) is 5.91 Å². The van der Waals surface area contributed by atoms with Crippen molar-refractivity contribution in [2.24, 2.45) is 0 Å². The molecular weight excluding hydrogens is 390 g/mol. The van der Waals surface area contributed by atoms with Crippen molar-refractivity contribution in [3.63, 3.8) is 0 Å². The Labute approximate surface area is 162 Å². The number of thioether (sulfide) groups is 1. The van der Waals surface area contributed by atoms with Crippen LogP contribution in [0.25, 0.3) is 0 Å². The monoisotopic (exact) mass is 407 g/mol. The van der Waals surface area contributed by atoms with Crippen molar-refractivity contribution in [2.75, 3.05) is 16.4 Å². The Morgan fingerprint density at radius 1 is 1.15 bits per heavy atom. The number of benzene rings is 2. The van der Waals surface area contributed by atoms with Crippen molar-refractivity contribution in [1.82, 2.24) is 0 Å². The first kappa shape index (κ1) is 19.0. The summed E-state index contributed by atoms with van der Waals surface area (Å²) in [5, 5.41) is 1.83. The number of hydrogen-bond acceptors (Lipinski definition) is 4. The number of hydrogen-bond donors (Lipinski definition) is 0. The van der Waals surface area contributed by atoms with Crippen LogP contribution in [0, 0.1) is 6.92 Å². The van der Waals surface area contributed by atoms with Crippen LogP contribution in [0.2, 0.25) is 5.02 Å². The molecule has 1 amide bonds. The van der Waals surface area contributed by atoms with Crippen LogP contribution in [0.4, 0.5) is 5.69 Å². The number of carbonyl (C=O) groups is 1. The summed E-state index contributed by atoms with van der Waals surface area (Å²) in [5.74, 6) is -0.0152. The number of rotatable bonds is 5. The number of aryl methyl sites for hydroxylation is 1. The lowest BCUT2D eigenvalue weighted by atomic mass is 10.2. The minimum atomic E-state index is -3.26. The van der Waals surface area contributed by atoms with Crippen molar-refractivity contribution in [1.29, 1.82) is 0 Å². The largest absolute Gasteiger partial charge is 0.304 e. The Balaban J connectivity index is 1.80.